The van der Waals surface area contributed by atoms with E-state index in [0.29, 0.717) is 0 Å². The summed E-state index contributed by atoms with van der Waals surface area (Å²) in [6.45, 7) is 8.93. The summed E-state index contributed by atoms with van der Waals surface area (Å²) in [6.07, 6.45) is 0. The summed E-state index contributed by atoms with van der Waals surface area (Å²) in [6, 6.07) is 24.7. The van der Waals surface area contributed by atoms with E-state index in [9.17, 15) is 0 Å². The average molecular weight is 298 g/mol. The fraction of sp³-hybridized carbons (Fsp3) is 0.182. The van der Waals surface area contributed by atoms with Crippen molar-refractivity contribution in [2.75, 3.05) is 0 Å². The average Bonchev–Trinajstić information content (AvgIpc) is 2.55. The van der Waals surface area contributed by atoms with Crippen LogP contribution in [0.4, 0.5) is 0 Å². The van der Waals surface area contributed by atoms with Gasteiger partial charge < -0.3 is 0 Å². The molecule has 0 N–H and O–H groups in total. The van der Waals surface area contributed by atoms with Crippen LogP contribution in [-0.2, 0) is 0 Å². The van der Waals surface area contributed by atoms with Crippen molar-refractivity contribution in [1.29, 1.82) is 0 Å². The van der Waals surface area contributed by atoms with Gasteiger partial charge in [-0.15, -0.1) is 0 Å². The van der Waals surface area contributed by atoms with Crippen LogP contribution in [0.15, 0.2) is 66.7 Å². The molecule has 0 aliphatic rings. The van der Waals surface area contributed by atoms with Gasteiger partial charge in [0.05, 0.1) is 0 Å². The molecule has 0 amide bonds. The maximum absolute atomic E-state index is 2.33. The van der Waals surface area contributed by atoms with E-state index in [1.807, 2.05) is 0 Å². The van der Waals surface area contributed by atoms with Gasteiger partial charge in [0.1, 0.15) is 0 Å². The van der Waals surface area contributed by atoms with Crippen LogP contribution in [0.25, 0.3) is 0 Å². The Labute approximate surface area is 140 Å². The second kappa shape index (κ2) is 6.46. The van der Waals surface area contributed by atoms with Crippen molar-refractivity contribution in [2.45, 2.75) is 27.7 Å². The number of rotatable bonds is 3. The standard InChI is InChI=1S/C22H23B/c1-16-5-10-20(11-6-16)23(21-12-7-17(2)8-13-21)22-14-9-18(3)19(4)15-22/h5-15H,1-4H3. The smallest absolute Gasteiger partial charge is 0.0687 e. The molecule has 0 aliphatic carbocycles. The molecule has 3 rings (SSSR count). The largest absolute Gasteiger partial charge is 0.241 e. The molecular formula is C22H23B. The summed E-state index contributed by atoms with van der Waals surface area (Å²) in [7, 11) is 0. The molecule has 114 valence electrons. The van der Waals surface area contributed by atoms with Gasteiger partial charge >= 0.3 is 0 Å². The summed E-state index contributed by atoms with van der Waals surface area (Å²) in [5.74, 6) is 0. The molecule has 0 unspecified atom stereocenters. The summed E-state index contributed by atoms with van der Waals surface area (Å²) in [5.41, 5.74) is 9.37. The zero-order valence-corrected chi connectivity index (χ0v) is 14.4. The highest BCUT2D eigenvalue weighted by Gasteiger charge is 2.21. The molecule has 0 nitrogen and oxygen atoms in total. The van der Waals surface area contributed by atoms with E-state index >= 15 is 0 Å². The Morgan fingerprint density at radius 3 is 1.35 bits per heavy atom. The highest BCUT2D eigenvalue weighted by atomic mass is 14.0. The number of benzene rings is 3. The van der Waals surface area contributed by atoms with Gasteiger partial charge in [0.2, 0.25) is 6.71 Å². The highest BCUT2D eigenvalue weighted by Crippen LogP contribution is 2.06. The predicted molar refractivity (Wildman–Crippen MR) is 103 cm³/mol. The van der Waals surface area contributed by atoms with Crippen LogP contribution in [0.2, 0.25) is 0 Å². The lowest BCUT2D eigenvalue weighted by Crippen LogP contribution is -2.52. The van der Waals surface area contributed by atoms with Gasteiger partial charge in [0.25, 0.3) is 0 Å². The van der Waals surface area contributed by atoms with Gasteiger partial charge in [0, 0.05) is 0 Å². The first-order chi connectivity index (χ1) is 11.0. The Balaban J connectivity index is 2.14. The van der Waals surface area contributed by atoms with Crippen LogP contribution in [0.3, 0.4) is 0 Å². The second-order valence-corrected chi connectivity index (χ2v) is 6.60. The van der Waals surface area contributed by atoms with Crippen LogP contribution in [0.5, 0.6) is 0 Å². The van der Waals surface area contributed by atoms with Gasteiger partial charge in [-0.05, 0) is 38.8 Å². The number of hydrogen-bond donors (Lipinski definition) is 0. The Morgan fingerprint density at radius 2 is 0.913 bits per heavy atom. The Hall–Kier alpha value is -2.28. The molecule has 0 spiro atoms. The SMILES string of the molecule is Cc1ccc(B(c2ccc(C)cc2)c2ccc(C)c(C)c2)cc1. The predicted octanol–water partition coefficient (Wildman–Crippen LogP) is 3.44. The van der Waals surface area contributed by atoms with Gasteiger partial charge in [-0.3, -0.25) is 0 Å². The maximum Gasteiger partial charge on any atom is 0.241 e. The Bertz CT molecular complexity index is 753. The zero-order chi connectivity index (χ0) is 16.4. The Morgan fingerprint density at radius 1 is 0.478 bits per heavy atom. The van der Waals surface area contributed by atoms with Gasteiger partial charge in [0.15, 0.2) is 0 Å². The fourth-order valence-corrected chi connectivity index (χ4v) is 3.04. The van der Waals surface area contributed by atoms with Crippen molar-refractivity contribution >= 4 is 23.1 Å². The molecule has 0 fully saturated rings. The number of aryl methyl sites for hydroxylation is 4. The molecule has 23 heavy (non-hydrogen) atoms. The lowest BCUT2D eigenvalue weighted by molar-refractivity contribution is 1.35. The lowest BCUT2D eigenvalue weighted by Gasteiger charge is -2.17. The molecule has 3 aromatic rings. The molecule has 0 atom stereocenters. The van der Waals surface area contributed by atoms with E-state index in [4.69, 9.17) is 0 Å². The van der Waals surface area contributed by atoms with Crippen LogP contribution < -0.4 is 16.4 Å². The van der Waals surface area contributed by atoms with Crippen LogP contribution in [0, 0.1) is 27.7 Å². The molecular weight excluding hydrogens is 275 g/mol. The minimum Gasteiger partial charge on any atom is -0.0687 e. The van der Waals surface area contributed by atoms with E-state index in [-0.39, 0.29) is 6.71 Å². The van der Waals surface area contributed by atoms with E-state index in [2.05, 4.69) is 94.4 Å². The molecule has 3 aromatic carbocycles. The van der Waals surface area contributed by atoms with E-state index < -0.39 is 0 Å². The first-order valence-corrected chi connectivity index (χ1v) is 8.25. The molecule has 0 radical (unpaired) electrons. The summed E-state index contributed by atoms with van der Waals surface area (Å²) < 4.78 is 0. The molecule has 0 saturated carbocycles. The Kier molecular flexibility index (Phi) is 4.38. The van der Waals surface area contributed by atoms with Crippen LogP contribution >= 0.6 is 0 Å². The monoisotopic (exact) mass is 298 g/mol. The van der Waals surface area contributed by atoms with Crippen molar-refractivity contribution < 1.29 is 0 Å². The zero-order valence-electron chi connectivity index (χ0n) is 14.4. The summed E-state index contributed by atoms with van der Waals surface area (Å²) in [4.78, 5) is 0. The summed E-state index contributed by atoms with van der Waals surface area (Å²) >= 11 is 0. The third-order valence-corrected chi connectivity index (χ3v) is 4.69. The van der Waals surface area contributed by atoms with E-state index in [1.165, 1.54) is 38.6 Å². The quantitative estimate of drug-likeness (QED) is 0.650. The molecule has 0 heterocycles. The minimum atomic E-state index is 0.287. The van der Waals surface area contributed by atoms with Gasteiger partial charge in [-0.25, -0.2) is 0 Å². The molecule has 0 saturated heterocycles. The van der Waals surface area contributed by atoms with Crippen molar-refractivity contribution in [3.63, 3.8) is 0 Å². The molecule has 1 heteroatoms. The van der Waals surface area contributed by atoms with Crippen molar-refractivity contribution in [2.24, 2.45) is 0 Å². The normalized spacial score (nSPS) is 10.6. The third-order valence-electron chi connectivity index (χ3n) is 4.69. The lowest BCUT2D eigenvalue weighted by atomic mass is 9.36. The van der Waals surface area contributed by atoms with E-state index in [1.54, 1.807) is 0 Å². The fourth-order valence-electron chi connectivity index (χ4n) is 3.04. The third kappa shape index (κ3) is 3.39. The van der Waals surface area contributed by atoms with Gasteiger partial charge in [-0.2, -0.15) is 0 Å². The van der Waals surface area contributed by atoms with Crippen LogP contribution in [-0.4, -0.2) is 6.71 Å². The van der Waals surface area contributed by atoms with Gasteiger partial charge in [-0.1, -0.05) is 94.2 Å². The highest BCUT2D eigenvalue weighted by molar-refractivity contribution is 6.95. The second-order valence-electron chi connectivity index (χ2n) is 6.60. The van der Waals surface area contributed by atoms with Crippen molar-refractivity contribution in [3.8, 4) is 0 Å². The molecule has 0 aliphatic heterocycles. The minimum absolute atomic E-state index is 0.287. The van der Waals surface area contributed by atoms with Crippen molar-refractivity contribution in [1.82, 2.24) is 0 Å². The van der Waals surface area contributed by atoms with Crippen molar-refractivity contribution in [3.05, 3.63) is 89.0 Å². The van der Waals surface area contributed by atoms with E-state index in [0.717, 1.165) is 0 Å². The summed E-state index contributed by atoms with van der Waals surface area (Å²) in [5, 5.41) is 0. The topological polar surface area (TPSA) is 0 Å². The number of hydrogen-bond acceptors (Lipinski definition) is 0. The molecule has 0 aromatic heterocycles. The first kappa shape index (κ1) is 15.6. The van der Waals surface area contributed by atoms with Crippen LogP contribution in [0.1, 0.15) is 22.3 Å². The maximum atomic E-state index is 2.33. The molecule has 0 bridgehead atoms. The first-order valence-electron chi connectivity index (χ1n) is 8.25.